The molecule has 0 bridgehead atoms. The molecular formula is C22H32N2O5. The summed E-state index contributed by atoms with van der Waals surface area (Å²) >= 11 is 0. The third-order valence-corrected chi connectivity index (χ3v) is 4.98. The highest BCUT2D eigenvalue weighted by Gasteiger charge is 2.44. The number of rotatable bonds is 6. The number of alkyl carbamates (subject to hydrolysis) is 1. The summed E-state index contributed by atoms with van der Waals surface area (Å²) in [5, 5.41) is 5.56. The third kappa shape index (κ3) is 6.48. The van der Waals surface area contributed by atoms with Gasteiger partial charge in [-0.05, 0) is 46.1 Å². The van der Waals surface area contributed by atoms with E-state index in [2.05, 4.69) is 10.6 Å². The van der Waals surface area contributed by atoms with Crippen molar-refractivity contribution in [3.8, 4) is 0 Å². The van der Waals surface area contributed by atoms with Gasteiger partial charge in [0.2, 0.25) is 5.91 Å². The highest BCUT2D eigenvalue weighted by molar-refractivity contribution is 5.93. The first-order valence-electron chi connectivity index (χ1n) is 10.0. The van der Waals surface area contributed by atoms with Gasteiger partial charge in [-0.15, -0.1) is 0 Å². The molecule has 1 aromatic rings. The molecule has 29 heavy (non-hydrogen) atoms. The molecular weight excluding hydrogens is 372 g/mol. The van der Waals surface area contributed by atoms with Crippen LogP contribution in [-0.2, 0) is 25.5 Å². The standard InChI is InChI=1S/C22H32N2O5/c1-15-8-10-16(11-9-15)14-17(18(25)28-5)23-19(26)22(12-6-7-13-22)24-20(27)29-21(2,3)4/h8-11,17H,6-7,12-14H2,1-5H3,(H,23,26)(H,24,27). The molecule has 2 amide bonds. The quantitative estimate of drug-likeness (QED) is 0.711. The van der Waals surface area contributed by atoms with Gasteiger partial charge in [0.25, 0.3) is 0 Å². The monoisotopic (exact) mass is 404 g/mol. The van der Waals surface area contributed by atoms with Gasteiger partial charge in [-0.1, -0.05) is 42.7 Å². The van der Waals surface area contributed by atoms with Crippen LogP contribution < -0.4 is 10.6 Å². The Bertz CT molecular complexity index is 731. The number of carbonyl (C=O) groups is 3. The molecule has 0 heterocycles. The SMILES string of the molecule is COC(=O)C(Cc1ccc(C)cc1)NC(=O)C1(NC(=O)OC(C)(C)C)CCCC1. The molecule has 1 aliphatic rings. The van der Waals surface area contributed by atoms with Crippen LogP contribution in [0.15, 0.2) is 24.3 Å². The van der Waals surface area contributed by atoms with E-state index in [0.717, 1.165) is 24.0 Å². The smallest absolute Gasteiger partial charge is 0.408 e. The van der Waals surface area contributed by atoms with E-state index < -0.39 is 29.2 Å². The second kappa shape index (κ2) is 9.29. The van der Waals surface area contributed by atoms with Gasteiger partial charge < -0.3 is 20.1 Å². The number of carbonyl (C=O) groups excluding carboxylic acids is 3. The van der Waals surface area contributed by atoms with E-state index >= 15 is 0 Å². The Labute approximate surface area is 172 Å². The zero-order chi connectivity index (χ0) is 21.7. The highest BCUT2D eigenvalue weighted by Crippen LogP contribution is 2.30. The molecule has 7 heteroatoms. The van der Waals surface area contributed by atoms with Crippen LogP contribution in [0.2, 0.25) is 0 Å². The van der Waals surface area contributed by atoms with E-state index in [4.69, 9.17) is 9.47 Å². The normalized spacial score (nSPS) is 16.6. The number of amides is 2. The number of benzene rings is 1. The molecule has 160 valence electrons. The Morgan fingerprint density at radius 1 is 1.10 bits per heavy atom. The molecule has 1 atom stereocenters. The van der Waals surface area contributed by atoms with Gasteiger partial charge in [0.1, 0.15) is 17.2 Å². The lowest BCUT2D eigenvalue weighted by Crippen LogP contribution is -2.60. The van der Waals surface area contributed by atoms with E-state index in [1.807, 2.05) is 31.2 Å². The number of aryl methyl sites for hydroxylation is 1. The lowest BCUT2D eigenvalue weighted by Gasteiger charge is -2.32. The highest BCUT2D eigenvalue weighted by atomic mass is 16.6. The molecule has 2 N–H and O–H groups in total. The number of ether oxygens (including phenoxy) is 2. The van der Waals surface area contributed by atoms with Crippen LogP contribution in [0.3, 0.4) is 0 Å². The fourth-order valence-electron chi connectivity index (χ4n) is 3.48. The fourth-order valence-corrected chi connectivity index (χ4v) is 3.48. The molecule has 7 nitrogen and oxygen atoms in total. The Balaban J connectivity index is 2.14. The first kappa shape index (κ1) is 22.7. The molecule has 1 fully saturated rings. The van der Waals surface area contributed by atoms with Crippen LogP contribution >= 0.6 is 0 Å². The Morgan fingerprint density at radius 3 is 2.21 bits per heavy atom. The Morgan fingerprint density at radius 2 is 1.69 bits per heavy atom. The summed E-state index contributed by atoms with van der Waals surface area (Å²) < 4.78 is 10.2. The van der Waals surface area contributed by atoms with Gasteiger partial charge in [-0.25, -0.2) is 9.59 Å². The van der Waals surface area contributed by atoms with Crippen molar-refractivity contribution in [3.05, 3.63) is 35.4 Å². The van der Waals surface area contributed by atoms with Crippen LogP contribution in [0.4, 0.5) is 4.79 Å². The van der Waals surface area contributed by atoms with Gasteiger partial charge in [-0.2, -0.15) is 0 Å². The van der Waals surface area contributed by atoms with Crippen molar-refractivity contribution in [3.63, 3.8) is 0 Å². The average molecular weight is 405 g/mol. The molecule has 1 aliphatic carbocycles. The van der Waals surface area contributed by atoms with Crippen molar-refractivity contribution in [1.82, 2.24) is 10.6 Å². The van der Waals surface area contributed by atoms with E-state index in [-0.39, 0.29) is 5.91 Å². The van der Waals surface area contributed by atoms with Gasteiger partial charge in [0.05, 0.1) is 7.11 Å². The number of esters is 1. The lowest BCUT2D eigenvalue weighted by atomic mass is 9.95. The maximum absolute atomic E-state index is 13.2. The minimum absolute atomic E-state index is 0.307. The van der Waals surface area contributed by atoms with Gasteiger partial charge in [-0.3, -0.25) is 4.79 Å². The summed E-state index contributed by atoms with van der Waals surface area (Å²) in [6.45, 7) is 7.28. The summed E-state index contributed by atoms with van der Waals surface area (Å²) in [5.74, 6) is -0.910. The molecule has 2 rings (SSSR count). The summed E-state index contributed by atoms with van der Waals surface area (Å²) in [6, 6.07) is 6.90. The van der Waals surface area contributed by atoms with Crippen molar-refractivity contribution in [2.45, 2.75) is 77.0 Å². The Hall–Kier alpha value is -2.57. The summed E-state index contributed by atoms with van der Waals surface area (Å²) in [6.07, 6.45) is 2.28. The number of methoxy groups -OCH3 is 1. The third-order valence-electron chi connectivity index (χ3n) is 4.98. The van der Waals surface area contributed by atoms with Crippen LogP contribution in [0.25, 0.3) is 0 Å². The van der Waals surface area contributed by atoms with Crippen molar-refractivity contribution in [2.75, 3.05) is 7.11 Å². The minimum Gasteiger partial charge on any atom is -0.467 e. The zero-order valence-electron chi connectivity index (χ0n) is 18.0. The Kier molecular flexibility index (Phi) is 7.27. The fraction of sp³-hybridized carbons (Fsp3) is 0.591. The van der Waals surface area contributed by atoms with Crippen LogP contribution in [-0.4, -0.2) is 42.3 Å². The predicted octanol–water partition coefficient (Wildman–Crippen LogP) is 3.03. The van der Waals surface area contributed by atoms with Gasteiger partial charge in [0.15, 0.2) is 0 Å². The summed E-state index contributed by atoms with van der Waals surface area (Å²) in [4.78, 5) is 37.8. The van der Waals surface area contributed by atoms with E-state index in [0.29, 0.717) is 19.3 Å². The van der Waals surface area contributed by atoms with E-state index in [9.17, 15) is 14.4 Å². The molecule has 0 saturated heterocycles. The van der Waals surface area contributed by atoms with E-state index in [1.54, 1.807) is 20.8 Å². The molecule has 1 unspecified atom stereocenters. The molecule has 1 aromatic carbocycles. The maximum atomic E-state index is 13.2. The van der Waals surface area contributed by atoms with Gasteiger partial charge >= 0.3 is 12.1 Å². The average Bonchev–Trinajstić information content (AvgIpc) is 3.10. The van der Waals surface area contributed by atoms with Crippen molar-refractivity contribution < 1.29 is 23.9 Å². The number of hydrogen-bond donors (Lipinski definition) is 2. The summed E-state index contributed by atoms with van der Waals surface area (Å²) in [7, 11) is 1.29. The molecule has 0 spiro atoms. The van der Waals surface area contributed by atoms with Crippen LogP contribution in [0, 0.1) is 6.92 Å². The van der Waals surface area contributed by atoms with Crippen molar-refractivity contribution in [2.24, 2.45) is 0 Å². The molecule has 0 radical (unpaired) electrons. The van der Waals surface area contributed by atoms with E-state index in [1.165, 1.54) is 7.11 Å². The lowest BCUT2D eigenvalue weighted by molar-refractivity contribution is -0.145. The first-order chi connectivity index (χ1) is 13.5. The minimum atomic E-state index is -1.08. The maximum Gasteiger partial charge on any atom is 0.408 e. The predicted molar refractivity (Wildman–Crippen MR) is 109 cm³/mol. The molecule has 0 aromatic heterocycles. The molecule has 1 saturated carbocycles. The van der Waals surface area contributed by atoms with Crippen LogP contribution in [0.1, 0.15) is 57.6 Å². The van der Waals surface area contributed by atoms with Crippen molar-refractivity contribution in [1.29, 1.82) is 0 Å². The van der Waals surface area contributed by atoms with Crippen LogP contribution in [0.5, 0.6) is 0 Å². The topological polar surface area (TPSA) is 93.7 Å². The number of hydrogen-bond acceptors (Lipinski definition) is 5. The largest absolute Gasteiger partial charge is 0.467 e. The molecule has 0 aliphatic heterocycles. The van der Waals surface area contributed by atoms with Crippen molar-refractivity contribution >= 4 is 18.0 Å². The first-order valence-corrected chi connectivity index (χ1v) is 10.0. The second-order valence-electron chi connectivity index (χ2n) is 8.66. The van der Waals surface area contributed by atoms with Gasteiger partial charge in [0, 0.05) is 6.42 Å². The number of nitrogens with one attached hydrogen (secondary N) is 2. The summed E-state index contributed by atoms with van der Waals surface area (Å²) in [5.41, 5.74) is 0.271. The zero-order valence-corrected chi connectivity index (χ0v) is 18.0. The second-order valence-corrected chi connectivity index (χ2v) is 8.66.